The highest BCUT2D eigenvalue weighted by Gasteiger charge is 2.16. The van der Waals surface area contributed by atoms with Crippen LogP contribution in [-0.2, 0) is 0 Å². The fourth-order valence-corrected chi connectivity index (χ4v) is 2.01. The number of urea groups is 1. The van der Waals surface area contributed by atoms with Crippen LogP contribution < -0.4 is 5.32 Å². The summed E-state index contributed by atoms with van der Waals surface area (Å²) < 4.78 is 0. The number of amides is 2. The van der Waals surface area contributed by atoms with Crippen LogP contribution in [0.25, 0.3) is 0 Å². The molecule has 0 fully saturated rings. The van der Waals surface area contributed by atoms with Gasteiger partial charge in [0, 0.05) is 20.2 Å². The van der Waals surface area contributed by atoms with Crippen LogP contribution >= 0.6 is 0 Å². The summed E-state index contributed by atoms with van der Waals surface area (Å²) in [6, 6.07) is 4.64. The zero-order valence-corrected chi connectivity index (χ0v) is 12.4. The molecule has 0 radical (unpaired) electrons. The van der Waals surface area contributed by atoms with Gasteiger partial charge in [0.2, 0.25) is 0 Å². The minimum absolute atomic E-state index is 0.111. The van der Waals surface area contributed by atoms with Crippen LogP contribution in [0.3, 0.4) is 0 Å². The summed E-state index contributed by atoms with van der Waals surface area (Å²) >= 11 is 0. The van der Waals surface area contributed by atoms with Crippen LogP contribution in [0.5, 0.6) is 0 Å². The van der Waals surface area contributed by atoms with E-state index in [9.17, 15) is 14.7 Å². The number of benzene rings is 1. The van der Waals surface area contributed by atoms with Crippen molar-refractivity contribution in [2.24, 2.45) is 0 Å². The van der Waals surface area contributed by atoms with Crippen molar-refractivity contribution in [2.45, 2.75) is 26.2 Å². The fraction of sp³-hybridized carbons (Fsp3) is 0.467. The van der Waals surface area contributed by atoms with Gasteiger partial charge in [-0.1, -0.05) is 12.1 Å². The average molecular weight is 294 g/mol. The Morgan fingerprint density at radius 2 is 1.95 bits per heavy atom. The number of nitrogens with zero attached hydrogens (tertiary/aromatic N) is 1. The number of nitrogens with one attached hydrogen (secondary N) is 1. The van der Waals surface area contributed by atoms with Crippen molar-refractivity contribution in [3.8, 4) is 0 Å². The summed E-state index contributed by atoms with van der Waals surface area (Å²) in [5, 5.41) is 20.5. The summed E-state index contributed by atoms with van der Waals surface area (Å²) in [5.41, 5.74) is 1.01. The second-order valence-electron chi connectivity index (χ2n) is 4.94. The molecule has 0 spiro atoms. The number of carbonyl (C=O) groups is 2. The molecule has 0 saturated carbocycles. The van der Waals surface area contributed by atoms with E-state index in [2.05, 4.69) is 5.32 Å². The molecule has 0 aliphatic heterocycles. The Bertz CT molecular complexity index is 502. The van der Waals surface area contributed by atoms with Gasteiger partial charge < -0.3 is 20.4 Å². The van der Waals surface area contributed by atoms with Gasteiger partial charge in [-0.15, -0.1) is 0 Å². The summed E-state index contributed by atoms with van der Waals surface area (Å²) in [4.78, 5) is 24.8. The predicted molar refractivity (Wildman–Crippen MR) is 80.7 cm³/mol. The highest BCUT2D eigenvalue weighted by atomic mass is 16.4. The maximum atomic E-state index is 12.0. The summed E-state index contributed by atoms with van der Waals surface area (Å²) in [6.07, 6.45) is 2.36. The zero-order valence-electron chi connectivity index (χ0n) is 12.4. The number of aliphatic hydroxyl groups is 1. The van der Waals surface area contributed by atoms with Crippen LogP contribution in [0, 0.1) is 6.92 Å². The molecule has 6 heteroatoms. The number of hydrogen-bond acceptors (Lipinski definition) is 3. The lowest BCUT2D eigenvalue weighted by atomic mass is 10.1. The smallest absolute Gasteiger partial charge is 0.338 e. The molecular formula is C15H22N2O4. The molecule has 0 aromatic heterocycles. The molecule has 6 nitrogen and oxygen atoms in total. The van der Waals surface area contributed by atoms with Gasteiger partial charge in [-0.2, -0.15) is 0 Å². The number of aromatic carboxylic acids is 1. The van der Waals surface area contributed by atoms with Gasteiger partial charge >= 0.3 is 12.0 Å². The molecule has 0 saturated heterocycles. The SMILES string of the molecule is Cc1cccc(NC(=O)N(C)CCCCCO)c1C(=O)O. The number of carbonyl (C=O) groups excluding carboxylic acids is 1. The molecule has 0 unspecified atom stereocenters. The molecule has 0 aliphatic carbocycles. The monoisotopic (exact) mass is 294 g/mol. The van der Waals surface area contributed by atoms with Crippen molar-refractivity contribution < 1.29 is 19.8 Å². The number of unbranched alkanes of at least 4 members (excludes halogenated alkanes) is 2. The topological polar surface area (TPSA) is 89.9 Å². The van der Waals surface area contributed by atoms with E-state index in [0.717, 1.165) is 19.3 Å². The van der Waals surface area contributed by atoms with E-state index in [1.54, 1.807) is 32.2 Å². The van der Waals surface area contributed by atoms with Gasteiger partial charge in [-0.3, -0.25) is 0 Å². The Kier molecular flexibility index (Phi) is 6.68. The highest BCUT2D eigenvalue weighted by molar-refractivity contribution is 6.01. The van der Waals surface area contributed by atoms with E-state index in [-0.39, 0.29) is 18.2 Å². The molecule has 1 aromatic carbocycles. The van der Waals surface area contributed by atoms with Crippen molar-refractivity contribution in [3.63, 3.8) is 0 Å². The molecule has 1 rings (SSSR count). The quantitative estimate of drug-likeness (QED) is 0.673. The minimum atomic E-state index is -1.06. The molecule has 0 atom stereocenters. The van der Waals surface area contributed by atoms with Gasteiger partial charge in [0.15, 0.2) is 0 Å². The molecule has 0 bridgehead atoms. The van der Waals surface area contributed by atoms with E-state index in [0.29, 0.717) is 17.8 Å². The second kappa shape index (κ2) is 8.26. The Balaban J connectivity index is 2.66. The van der Waals surface area contributed by atoms with Gasteiger partial charge in [0.1, 0.15) is 0 Å². The third-order valence-electron chi connectivity index (χ3n) is 3.23. The van der Waals surface area contributed by atoms with E-state index in [1.165, 1.54) is 4.90 Å². The standard InChI is InChI=1S/C15H22N2O4/c1-11-7-6-8-12(13(11)14(19)20)16-15(21)17(2)9-4-3-5-10-18/h6-8,18H,3-5,9-10H2,1-2H3,(H,16,21)(H,19,20). The van der Waals surface area contributed by atoms with E-state index in [4.69, 9.17) is 5.11 Å². The lowest BCUT2D eigenvalue weighted by Gasteiger charge is -2.19. The fourth-order valence-electron chi connectivity index (χ4n) is 2.01. The van der Waals surface area contributed by atoms with Gasteiger partial charge in [0.25, 0.3) is 0 Å². The first-order valence-electron chi connectivity index (χ1n) is 6.93. The zero-order chi connectivity index (χ0) is 15.8. The second-order valence-corrected chi connectivity index (χ2v) is 4.94. The Hall–Kier alpha value is -2.08. The molecule has 0 aliphatic rings. The first kappa shape index (κ1) is 17.0. The van der Waals surface area contributed by atoms with E-state index >= 15 is 0 Å². The summed E-state index contributed by atoms with van der Waals surface area (Å²) in [6.45, 7) is 2.40. The average Bonchev–Trinajstić information content (AvgIpc) is 2.43. The van der Waals surface area contributed by atoms with Crippen LogP contribution in [0.1, 0.15) is 35.2 Å². The van der Waals surface area contributed by atoms with Crippen molar-refractivity contribution in [1.29, 1.82) is 0 Å². The lowest BCUT2D eigenvalue weighted by molar-refractivity contribution is 0.0697. The van der Waals surface area contributed by atoms with Gasteiger partial charge in [0.05, 0.1) is 11.3 Å². The molecule has 21 heavy (non-hydrogen) atoms. The van der Waals surface area contributed by atoms with Crippen molar-refractivity contribution in [2.75, 3.05) is 25.5 Å². The van der Waals surface area contributed by atoms with Crippen LogP contribution in [0.15, 0.2) is 18.2 Å². The third-order valence-corrected chi connectivity index (χ3v) is 3.23. The Morgan fingerprint density at radius 1 is 1.24 bits per heavy atom. The number of anilines is 1. The number of carboxylic acid groups (broad SMARTS) is 1. The molecule has 116 valence electrons. The Labute approximate surface area is 124 Å². The first-order valence-corrected chi connectivity index (χ1v) is 6.93. The molecule has 3 N–H and O–H groups in total. The highest BCUT2D eigenvalue weighted by Crippen LogP contribution is 2.19. The van der Waals surface area contributed by atoms with E-state index < -0.39 is 5.97 Å². The molecular weight excluding hydrogens is 272 g/mol. The number of hydrogen-bond donors (Lipinski definition) is 3. The summed E-state index contributed by atoms with van der Waals surface area (Å²) in [5.74, 6) is -1.06. The lowest BCUT2D eigenvalue weighted by Crippen LogP contribution is -2.32. The van der Waals surface area contributed by atoms with Crippen molar-refractivity contribution >= 4 is 17.7 Å². The third kappa shape index (κ3) is 5.07. The maximum Gasteiger partial charge on any atom is 0.338 e. The van der Waals surface area contributed by atoms with Crippen molar-refractivity contribution in [3.05, 3.63) is 29.3 Å². The molecule has 1 aromatic rings. The minimum Gasteiger partial charge on any atom is -0.478 e. The predicted octanol–water partition coefficient (Wildman–Crippen LogP) is 2.32. The number of rotatable bonds is 7. The largest absolute Gasteiger partial charge is 0.478 e. The van der Waals surface area contributed by atoms with Crippen molar-refractivity contribution in [1.82, 2.24) is 4.90 Å². The number of aliphatic hydroxyl groups excluding tert-OH is 1. The first-order chi connectivity index (χ1) is 9.97. The normalized spacial score (nSPS) is 10.2. The number of aryl methyl sites for hydroxylation is 1. The number of carboxylic acids is 1. The van der Waals surface area contributed by atoms with Crippen LogP contribution in [0.2, 0.25) is 0 Å². The Morgan fingerprint density at radius 3 is 2.57 bits per heavy atom. The van der Waals surface area contributed by atoms with Crippen LogP contribution in [0.4, 0.5) is 10.5 Å². The van der Waals surface area contributed by atoms with E-state index in [1.807, 2.05) is 0 Å². The molecule has 0 heterocycles. The van der Waals surface area contributed by atoms with Gasteiger partial charge in [-0.25, -0.2) is 9.59 Å². The molecule has 2 amide bonds. The van der Waals surface area contributed by atoms with Gasteiger partial charge in [-0.05, 0) is 37.8 Å². The maximum absolute atomic E-state index is 12.0. The van der Waals surface area contributed by atoms with Crippen LogP contribution in [-0.4, -0.2) is 47.3 Å². The summed E-state index contributed by atoms with van der Waals surface area (Å²) in [7, 11) is 1.66.